The molecular formula is C40H64N2O6. The summed E-state index contributed by atoms with van der Waals surface area (Å²) >= 11 is 0. The van der Waals surface area contributed by atoms with Crippen LogP contribution in [0.3, 0.4) is 0 Å². The molecule has 0 aromatic heterocycles. The van der Waals surface area contributed by atoms with Gasteiger partial charge in [-0.15, -0.1) is 0 Å². The molecule has 270 valence electrons. The minimum atomic E-state index is -0.765. The summed E-state index contributed by atoms with van der Waals surface area (Å²) in [6, 6.07) is -0.500. The van der Waals surface area contributed by atoms with Crippen LogP contribution in [0, 0.1) is 56.7 Å². The fourth-order valence-electron chi connectivity index (χ4n) is 14.2. The minimum absolute atomic E-state index is 0.0751. The number of carboxylic acids is 1. The van der Waals surface area contributed by atoms with E-state index in [1.165, 1.54) is 51.4 Å². The topological polar surface area (TPSA) is 88.5 Å². The summed E-state index contributed by atoms with van der Waals surface area (Å²) in [4.78, 5) is 28.5. The van der Waals surface area contributed by atoms with Gasteiger partial charge in [0, 0.05) is 19.5 Å². The van der Waals surface area contributed by atoms with E-state index < -0.39 is 12.0 Å². The number of fused-ring (bicyclic) bond motifs is 4. The Morgan fingerprint density at radius 1 is 1.00 bits per heavy atom. The van der Waals surface area contributed by atoms with Gasteiger partial charge in [0.25, 0.3) is 0 Å². The van der Waals surface area contributed by atoms with Gasteiger partial charge in [-0.3, -0.25) is 14.5 Å². The van der Waals surface area contributed by atoms with Crippen LogP contribution in [0.4, 0.5) is 0 Å². The zero-order chi connectivity index (χ0) is 34.0. The molecule has 0 radical (unpaired) electrons. The lowest BCUT2D eigenvalue weighted by Gasteiger charge is -2.63. The van der Waals surface area contributed by atoms with Crippen LogP contribution < -0.4 is 0 Å². The Balaban J connectivity index is 0.965. The third kappa shape index (κ3) is 4.87. The van der Waals surface area contributed by atoms with Crippen LogP contribution in [0.2, 0.25) is 0 Å². The quantitative estimate of drug-likeness (QED) is 0.312. The van der Waals surface area contributed by atoms with Gasteiger partial charge in [-0.05, 0) is 141 Å². The van der Waals surface area contributed by atoms with E-state index in [4.69, 9.17) is 14.2 Å². The number of nitrogens with zero attached hydrogens (tertiary/aromatic N) is 2. The van der Waals surface area contributed by atoms with E-state index in [0.29, 0.717) is 67.2 Å². The number of amides is 1. The van der Waals surface area contributed by atoms with Crippen molar-refractivity contribution in [2.45, 2.75) is 149 Å². The summed E-state index contributed by atoms with van der Waals surface area (Å²) in [5.41, 5.74) is 1.51. The number of carbonyl (C=O) groups is 2. The first kappa shape index (κ1) is 33.9. The highest BCUT2D eigenvalue weighted by Crippen LogP contribution is 2.89. The predicted octanol–water partition coefficient (Wildman–Crippen LogP) is 6.60. The maximum absolute atomic E-state index is 12.9. The Bertz CT molecular complexity index is 1300. The molecule has 1 amide bonds. The molecule has 0 bridgehead atoms. The number of rotatable bonds is 8. The number of hydrogen-bond donors (Lipinski definition) is 1. The van der Waals surface area contributed by atoms with Crippen LogP contribution in [0.1, 0.15) is 119 Å². The Labute approximate surface area is 289 Å². The number of ether oxygens (including phenoxy) is 3. The highest BCUT2D eigenvalue weighted by Gasteiger charge is 2.83. The Morgan fingerprint density at radius 2 is 1.73 bits per heavy atom. The summed E-state index contributed by atoms with van der Waals surface area (Å²) in [7, 11) is 1.93. The summed E-state index contributed by atoms with van der Waals surface area (Å²) in [5.74, 6) is 2.71. The smallest absolute Gasteiger partial charge is 0.320 e. The first-order valence-corrected chi connectivity index (χ1v) is 19.8. The highest BCUT2D eigenvalue weighted by atomic mass is 16.7. The standard InChI is InChI=1S/C40H64N2O6/c1-24-18-27(21-41(7)25(2)35(44)45)47-28-20-38(6)30-11-10-29-36(3,4)31(48-33-22-42(16-17-46-33)32(43)19-26-8-9-26)12-13-39(29)23-40(30,39)15-14-37(38,5)34(24)28/h24-31,33-34H,8-23H2,1-7H3,(H,44,45)/t24-,25?,27?,28?,29?,30?,31?,33?,34?,37?,38+,39?,40?/m1/s1. The van der Waals surface area contributed by atoms with E-state index in [9.17, 15) is 14.7 Å². The maximum Gasteiger partial charge on any atom is 0.320 e. The third-order valence-electron chi connectivity index (χ3n) is 17.1. The molecule has 8 rings (SSSR count). The van der Waals surface area contributed by atoms with Crippen LogP contribution in [0.15, 0.2) is 0 Å². The maximum atomic E-state index is 12.9. The van der Waals surface area contributed by atoms with Crippen molar-refractivity contribution in [3.05, 3.63) is 0 Å². The van der Waals surface area contributed by atoms with Gasteiger partial charge in [-0.25, -0.2) is 0 Å². The molecular weight excluding hydrogens is 604 g/mol. The minimum Gasteiger partial charge on any atom is -0.480 e. The van der Waals surface area contributed by atoms with Gasteiger partial charge in [0.05, 0.1) is 31.5 Å². The van der Waals surface area contributed by atoms with E-state index >= 15 is 0 Å². The third-order valence-corrected chi connectivity index (χ3v) is 17.1. The average Bonchev–Trinajstić information content (AvgIpc) is 3.94. The number of hydrogen-bond acceptors (Lipinski definition) is 6. The van der Waals surface area contributed by atoms with Gasteiger partial charge in [0.15, 0.2) is 6.29 Å². The van der Waals surface area contributed by atoms with E-state index in [0.717, 1.165) is 25.2 Å². The molecule has 8 aliphatic rings. The molecule has 8 heteroatoms. The molecule has 0 aromatic carbocycles. The number of carbonyl (C=O) groups excluding carboxylic acids is 1. The van der Waals surface area contributed by atoms with E-state index in [1.807, 2.05) is 16.8 Å². The lowest BCUT2D eigenvalue weighted by molar-refractivity contribution is -0.246. The second-order valence-corrected chi connectivity index (χ2v) is 19.5. The Hall–Kier alpha value is -1.22. The molecule has 2 aliphatic heterocycles. The molecule has 0 aromatic rings. The highest BCUT2D eigenvalue weighted by molar-refractivity contribution is 5.76. The first-order valence-electron chi connectivity index (χ1n) is 19.8. The predicted molar refractivity (Wildman–Crippen MR) is 183 cm³/mol. The molecule has 11 unspecified atom stereocenters. The molecule has 48 heavy (non-hydrogen) atoms. The van der Waals surface area contributed by atoms with Crippen molar-refractivity contribution in [2.24, 2.45) is 56.7 Å². The van der Waals surface area contributed by atoms with Gasteiger partial charge >= 0.3 is 5.97 Å². The molecule has 8 fully saturated rings. The Kier molecular flexibility index (Phi) is 8.04. The molecule has 13 atom stereocenters. The second-order valence-electron chi connectivity index (χ2n) is 19.5. The largest absolute Gasteiger partial charge is 0.480 e. The van der Waals surface area contributed by atoms with Gasteiger partial charge in [0.1, 0.15) is 6.04 Å². The molecule has 2 saturated heterocycles. The summed E-state index contributed by atoms with van der Waals surface area (Å²) < 4.78 is 20.0. The zero-order valence-electron chi connectivity index (χ0n) is 31.0. The molecule has 8 nitrogen and oxygen atoms in total. The van der Waals surface area contributed by atoms with Gasteiger partial charge < -0.3 is 24.2 Å². The van der Waals surface area contributed by atoms with Crippen LogP contribution in [-0.2, 0) is 23.8 Å². The average molecular weight is 669 g/mol. The van der Waals surface area contributed by atoms with Crippen molar-refractivity contribution in [1.82, 2.24) is 9.80 Å². The van der Waals surface area contributed by atoms with E-state index in [-0.39, 0.29) is 46.8 Å². The summed E-state index contributed by atoms with van der Waals surface area (Å²) in [6.45, 7) is 17.1. The zero-order valence-corrected chi connectivity index (χ0v) is 31.0. The number of carboxylic acid groups (broad SMARTS) is 1. The van der Waals surface area contributed by atoms with E-state index in [2.05, 4.69) is 34.6 Å². The van der Waals surface area contributed by atoms with Gasteiger partial charge in [-0.1, -0.05) is 34.6 Å². The number of morpholine rings is 1. The monoisotopic (exact) mass is 668 g/mol. The fourth-order valence-corrected chi connectivity index (χ4v) is 14.2. The number of likely N-dealkylation sites (N-methyl/N-ethyl adjacent to an activating group) is 1. The molecule has 6 saturated carbocycles. The lowest BCUT2D eigenvalue weighted by atomic mass is 9.41. The van der Waals surface area contributed by atoms with Crippen LogP contribution in [0.5, 0.6) is 0 Å². The van der Waals surface area contributed by atoms with Crippen molar-refractivity contribution in [3.63, 3.8) is 0 Å². The second kappa shape index (κ2) is 11.4. The first-order chi connectivity index (χ1) is 22.6. The van der Waals surface area contributed by atoms with Crippen molar-refractivity contribution < 1.29 is 28.9 Å². The van der Waals surface area contributed by atoms with Crippen LogP contribution in [-0.4, -0.2) is 90.7 Å². The lowest BCUT2D eigenvalue weighted by Crippen LogP contribution is -2.59. The van der Waals surface area contributed by atoms with Crippen molar-refractivity contribution in [2.75, 3.05) is 33.3 Å². The molecule has 6 aliphatic carbocycles. The van der Waals surface area contributed by atoms with Crippen LogP contribution >= 0.6 is 0 Å². The SMILES string of the molecule is CC(C(=O)O)N(C)CC1C[C@@H](C)C2C(C[C@@]3(C)C4CCC5C(C)(C)C(OC6CN(C(=O)CC7CC7)CCO6)CCC56CC46CCC23C)O1. The molecule has 2 spiro atoms. The fraction of sp³-hybridized carbons (Fsp3) is 0.950. The van der Waals surface area contributed by atoms with Crippen molar-refractivity contribution >= 4 is 11.9 Å². The van der Waals surface area contributed by atoms with Gasteiger partial charge in [0.2, 0.25) is 5.91 Å². The Morgan fingerprint density at radius 3 is 2.46 bits per heavy atom. The van der Waals surface area contributed by atoms with Crippen LogP contribution in [0.25, 0.3) is 0 Å². The van der Waals surface area contributed by atoms with Crippen molar-refractivity contribution in [1.29, 1.82) is 0 Å². The summed E-state index contributed by atoms with van der Waals surface area (Å²) in [5, 5.41) is 9.58. The van der Waals surface area contributed by atoms with E-state index in [1.54, 1.807) is 6.92 Å². The summed E-state index contributed by atoms with van der Waals surface area (Å²) in [6.07, 6.45) is 14.6. The molecule has 2 heterocycles. The number of aliphatic carboxylic acids is 1. The van der Waals surface area contributed by atoms with Crippen molar-refractivity contribution in [3.8, 4) is 0 Å². The normalized spacial score (nSPS) is 49.6. The molecule has 1 N–H and O–H groups in total. The van der Waals surface area contributed by atoms with Gasteiger partial charge in [-0.2, -0.15) is 0 Å².